The number of carbonyl (C=O) groups is 1. The predicted octanol–water partition coefficient (Wildman–Crippen LogP) is 5.10. The molecule has 1 aromatic rings. The second kappa shape index (κ2) is 9.67. The molecule has 0 bridgehead atoms. The van der Waals surface area contributed by atoms with Gasteiger partial charge >= 0.3 is 0 Å². The Hall–Kier alpha value is -2.29. The molecule has 1 rings (SSSR count). The number of methoxy groups -OCH3 is 1. The number of hydrogen-bond donors (Lipinski definition) is 0. The Kier molecular flexibility index (Phi) is 7.89. The molecule has 0 saturated heterocycles. The summed E-state index contributed by atoms with van der Waals surface area (Å²) in [5, 5.41) is 0. The van der Waals surface area contributed by atoms with Gasteiger partial charge in [-0.25, -0.2) is 0 Å². The zero-order valence-corrected chi connectivity index (χ0v) is 14.5. The first-order valence-corrected chi connectivity index (χ1v) is 7.76. The van der Waals surface area contributed by atoms with Crippen LogP contribution in [0.5, 0.6) is 5.75 Å². The van der Waals surface area contributed by atoms with Crippen LogP contribution in [-0.4, -0.2) is 19.5 Å². The molecule has 0 aliphatic carbocycles. The minimum atomic E-state index is -0.256. The van der Waals surface area contributed by atoms with Crippen molar-refractivity contribution in [2.75, 3.05) is 13.7 Å². The molecule has 0 unspecified atom stereocenters. The van der Waals surface area contributed by atoms with Crippen molar-refractivity contribution >= 4 is 5.78 Å². The van der Waals surface area contributed by atoms with Gasteiger partial charge in [-0.15, -0.1) is 0 Å². The number of ketones is 1. The molecule has 3 heteroatoms. The maximum Gasteiger partial charge on any atom is 0.230 e. The summed E-state index contributed by atoms with van der Waals surface area (Å²) in [6, 6.07) is 7.14. The van der Waals surface area contributed by atoms with Gasteiger partial charge in [0.15, 0.2) is 5.76 Å². The van der Waals surface area contributed by atoms with Crippen LogP contribution >= 0.6 is 0 Å². The van der Waals surface area contributed by atoms with Gasteiger partial charge in [-0.3, -0.25) is 4.79 Å². The van der Waals surface area contributed by atoms with Gasteiger partial charge in [-0.2, -0.15) is 0 Å². The molecule has 1 aromatic carbocycles. The van der Waals surface area contributed by atoms with Crippen LogP contribution < -0.4 is 4.74 Å². The molecule has 0 fully saturated rings. The van der Waals surface area contributed by atoms with E-state index in [4.69, 9.17) is 9.47 Å². The van der Waals surface area contributed by atoms with Crippen molar-refractivity contribution in [2.24, 2.45) is 0 Å². The van der Waals surface area contributed by atoms with Crippen LogP contribution in [0.1, 0.15) is 44.0 Å². The van der Waals surface area contributed by atoms with Gasteiger partial charge in [-0.05, 0) is 51.3 Å². The molecule has 0 heterocycles. The van der Waals surface area contributed by atoms with Gasteiger partial charge in [0.05, 0.1) is 12.7 Å². The van der Waals surface area contributed by atoms with E-state index in [0.717, 1.165) is 18.4 Å². The van der Waals surface area contributed by atoms with Crippen LogP contribution in [0, 0.1) is 0 Å². The normalized spacial score (nSPS) is 12.0. The maximum absolute atomic E-state index is 12.2. The van der Waals surface area contributed by atoms with Crippen molar-refractivity contribution in [1.29, 1.82) is 0 Å². The number of rotatable bonds is 9. The standard InChI is InChI=1S/C20H26O3/c1-6-15(2)10-9-11-16(3)14-23-19-13-8-7-12-18(19)20(21)17(4)22-5/h6-8,11-13H,4,9-10,14H2,1-3,5H3. The van der Waals surface area contributed by atoms with Crippen molar-refractivity contribution in [3.63, 3.8) is 0 Å². The van der Waals surface area contributed by atoms with Crippen molar-refractivity contribution in [1.82, 2.24) is 0 Å². The zero-order valence-electron chi connectivity index (χ0n) is 14.5. The molecule has 0 radical (unpaired) electrons. The van der Waals surface area contributed by atoms with Crippen LogP contribution in [0.2, 0.25) is 0 Å². The Morgan fingerprint density at radius 2 is 1.91 bits per heavy atom. The lowest BCUT2D eigenvalue weighted by atomic mass is 10.1. The van der Waals surface area contributed by atoms with Gasteiger partial charge in [0.1, 0.15) is 12.4 Å². The number of benzene rings is 1. The summed E-state index contributed by atoms with van der Waals surface area (Å²) >= 11 is 0. The highest BCUT2D eigenvalue weighted by Gasteiger charge is 2.15. The molecule has 0 saturated carbocycles. The van der Waals surface area contributed by atoms with Gasteiger partial charge in [0.2, 0.25) is 5.78 Å². The van der Waals surface area contributed by atoms with E-state index in [1.807, 2.05) is 13.0 Å². The Labute approximate surface area is 139 Å². The monoisotopic (exact) mass is 314 g/mol. The van der Waals surface area contributed by atoms with Crippen LogP contribution in [0.4, 0.5) is 0 Å². The fourth-order valence-electron chi connectivity index (χ4n) is 1.96. The third kappa shape index (κ3) is 6.15. The highest BCUT2D eigenvalue weighted by Crippen LogP contribution is 2.21. The largest absolute Gasteiger partial charge is 0.493 e. The second-order valence-electron chi connectivity index (χ2n) is 5.47. The second-order valence-corrected chi connectivity index (χ2v) is 5.47. The van der Waals surface area contributed by atoms with E-state index in [-0.39, 0.29) is 11.5 Å². The molecular weight excluding hydrogens is 288 g/mol. The van der Waals surface area contributed by atoms with E-state index in [0.29, 0.717) is 17.9 Å². The van der Waals surface area contributed by atoms with Crippen molar-refractivity contribution in [3.05, 3.63) is 65.5 Å². The van der Waals surface area contributed by atoms with E-state index in [1.54, 1.807) is 18.2 Å². The van der Waals surface area contributed by atoms with E-state index in [9.17, 15) is 4.79 Å². The SMILES string of the molecule is C=C(OC)C(=O)c1ccccc1OCC(C)=CCCC(C)=CC. The Morgan fingerprint density at radius 3 is 2.57 bits per heavy atom. The maximum atomic E-state index is 12.2. The van der Waals surface area contributed by atoms with Crippen molar-refractivity contribution in [3.8, 4) is 5.75 Å². The van der Waals surface area contributed by atoms with E-state index < -0.39 is 0 Å². The van der Waals surface area contributed by atoms with Gasteiger partial charge in [0.25, 0.3) is 0 Å². The van der Waals surface area contributed by atoms with Crippen LogP contribution in [0.15, 0.2) is 59.9 Å². The molecule has 0 N–H and O–H groups in total. The quantitative estimate of drug-likeness (QED) is 0.275. The summed E-state index contributed by atoms with van der Waals surface area (Å²) in [6.45, 7) is 10.3. The molecule has 0 aliphatic heterocycles. The van der Waals surface area contributed by atoms with Gasteiger partial charge < -0.3 is 9.47 Å². The molecule has 124 valence electrons. The minimum absolute atomic E-state index is 0.107. The molecule has 0 spiro atoms. The lowest BCUT2D eigenvalue weighted by Gasteiger charge is -2.11. The third-order valence-electron chi connectivity index (χ3n) is 3.61. The summed E-state index contributed by atoms with van der Waals surface area (Å²) in [5.41, 5.74) is 2.99. The fraction of sp³-hybridized carbons (Fsp3) is 0.350. The Morgan fingerprint density at radius 1 is 1.22 bits per heavy atom. The van der Waals surface area contributed by atoms with Crippen LogP contribution in [0.3, 0.4) is 0 Å². The number of allylic oxidation sites excluding steroid dienone is 4. The number of hydrogen-bond acceptors (Lipinski definition) is 3. The summed E-state index contributed by atoms with van der Waals surface area (Å²) in [7, 11) is 1.43. The minimum Gasteiger partial charge on any atom is -0.493 e. The number of para-hydroxylation sites is 1. The van der Waals surface area contributed by atoms with E-state index in [1.165, 1.54) is 12.7 Å². The number of carbonyl (C=O) groups excluding carboxylic acids is 1. The average Bonchev–Trinajstić information content (AvgIpc) is 2.58. The van der Waals surface area contributed by atoms with Gasteiger partial charge in [-0.1, -0.05) is 36.4 Å². The lowest BCUT2D eigenvalue weighted by molar-refractivity contribution is 0.0951. The summed E-state index contributed by atoms with van der Waals surface area (Å²) in [6.07, 6.45) is 6.35. The van der Waals surface area contributed by atoms with Gasteiger partial charge in [0, 0.05) is 0 Å². The number of ether oxygens (including phenoxy) is 2. The number of Topliss-reactive ketones (excluding diaryl/α,β-unsaturated/α-hetero) is 1. The first-order valence-electron chi connectivity index (χ1n) is 7.76. The van der Waals surface area contributed by atoms with Crippen LogP contribution in [-0.2, 0) is 4.74 Å². The van der Waals surface area contributed by atoms with Crippen molar-refractivity contribution < 1.29 is 14.3 Å². The average molecular weight is 314 g/mol. The van der Waals surface area contributed by atoms with Crippen LogP contribution in [0.25, 0.3) is 0 Å². The van der Waals surface area contributed by atoms with Crippen molar-refractivity contribution in [2.45, 2.75) is 33.6 Å². The zero-order chi connectivity index (χ0) is 17.2. The predicted molar refractivity (Wildman–Crippen MR) is 94.8 cm³/mol. The lowest BCUT2D eigenvalue weighted by Crippen LogP contribution is -2.08. The molecule has 0 aromatic heterocycles. The summed E-state index contributed by atoms with van der Waals surface area (Å²) < 4.78 is 10.7. The molecule has 0 amide bonds. The van der Waals surface area contributed by atoms with E-state index >= 15 is 0 Å². The highest BCUT2D eigenvalue weighted by molar-refractivity contribution is 6.08. The molecular formula is C20H26O3. The molecule has 23 heavy (non-hydrogen) atoms. The van der Waals surface area contributed by atoms with E-state index in [2.05, 4.69) is 32.6 Å². The summed E-state index contributed by atoms with van der Waals surface area (Å²) in [4.78, 5) is 12.2. The first kappa shape index (κ1) is 18.8. The first-order chi connectivity index (χ1) is 11.0. The summed E-state index contributed by atoms with van der Waals surface area (Å²) in [5.74, 6) is 0.400. The Balaban J connectivity index is 2.69. The fourth-order valence-corrected chi connectivity index (χ4v) is 1.96. The Bertz CT molecular complexity index is 609. The molecule has 3 nitrogen and oxygen atoms in total. The molecule has 0 aliphatic rings. The third-order valence-corrected chi connectivity index (χ3v) is 3.61. The smallest absolute Gasteiger partial charge is 0.230 e. The molecule has 0 atom stereocenters. The highest BCUT2D eigenvalue weighted by atomic mass is 16.5. The topological polar surface area (TPSA) is 35.5 Å².